The standard InChI is InChI=1S/C15H10ClFN4O4S/c16-8-2-1-7(17)3-10(8)26-11-4-9(22)13(14-19-6-20-21(11)14)15(25)18-5-12(23)24/h1-4,6,22H,5H2,(H,18,25)(H,23,24). The Morgan fingerprint density at radius 1 is 1.35 bits per heavy atom. The third kappa shape index (κ3) is 3.55. The van der Waals surface area contributed by atoms with E-state index in [2.05, 4.69) is 15.4 Å². The predicted molar refractivity (Wildman–Crippen MR) is 90.2 cm³/mol. The molecule has 0 saturated heterocycles. The maximum atomic E-state index is 13.4. The molecule has 0 bridgehead atoms. The third-order valence-electron chi connectivity index (χ3n) is 3.23. The summed E-state index contributed by atoms with van der Waals surface area (Å²) in [6.07, 6.45) is 1.17. The highest BCUT2D eigenvalue weighted by molar-refractivity contribution is 7.99. The molecule has 8 nitrogen and oxygen atoms in total. The number of hydrogen-bond donors (Lipinski definition) is 3. The Morgan fingerprint density at radius 3 is 2.85 bits per heavy atom. The lowest BCUT2D eigenvalue weighted by molar-refractivity contribution is -0.135. The molecule has 0 aliphatic carbocycles. The largest absolute Gasteiger partial charge is 0.507 e. The van der Waals surface area contributed by atoms with Crippen LogP contribution in [0.2, 0.25) is 5.02 Å². The molecule has 0 aliphatic rings. The van der Waals surface area contributed by atoms with Crippen molar-refractivity contribution in [3.05, 3.63) is 47.0 Å². The van der Waals surface area contributed by atoms with Gasteiger partial charge in [0.25, 0.3) is 5.91 Å². The van der Waals surface area contributed by atoms with Crippen LogP contribution >= 0.6 is 23.4 Å². The van der Waals surface area contributed by atoms with Gasteiger partial charge < -0.3 is 15.5 Å². The monoisotopic (exact) mass is 396 g/mol. The summed E-state index contributed by atoms with van der Waals surface area (Å²) in [5.41, 5.74) is -0.207. The molecule has 0 radical (unpaired) electrons. The molecule has 3 rings (SSSR count). The Kier molecular flexibility index (Phi) is 4.96. The highest BCUT2D eigenvalue weighted by Crippen LogP contribution is 2.36. The molecule has 2 aromatic heterocycles. The number of carbonyl (C=O) groups is 2. The number of carbonyl (C=O) groups excluding carboxylic acids is 1. The molecule has 0 spiro atoms. The molecule has 0 atom stereocenters. The van der Waals surface area contributed by atoms with Crippen molar-refractivity contribution >= 4 is 40.9 Å². The number of carboxylic acid groups (broad SMARTS) is 1. The van der Waals surface area contributed by atoms with Crippen LogP contribution in [-0.4, -0.2) is 43.2 Å². The number of nitrogens with one attached hydrogen (secondary N) is 1. The van der Waals surface area contributed by atoms with Crippen molar-refractivity contribution in [2.45, 2.75) is 9.92 Å². The van der Waals surface area contributed by atoms with Gasteiger partial charge in [-0.05, 0) is 18.2 Å². The summed E-state index contributed by atoms with van der Waals surface area (Å²) < 4.78 is 14.7. The molecule has 0 aliphatic heterocycles. The average Bonchev–Trinajstić information content (AvgIpc) is 3.05. The van der Waals surface area contributed by atoms with E-state index in [1.807, 2.05) is 0 Å². The van der Waals surface area contributed by atoms with Gasteiger partial charge in [-0.15, -0.1) is 0 Å². The van der Waals surface area contributed by atoms with Gasteiger partial charge in [0.1, 0.15) is 35.0 Å². The summed E-state index contributed by atoms with van der Waals surface area (Å²) in [5, 5.41) is 25.7. The first-order valence-electron chi connectivity index (χ1n) is 7.05. The molecule has 3 aromatic rings. The number of amides is 1. The lowest BCUT2D eigenvalue weighted by Crippen LogP contribution is -2.29. The van der Waals surface area contributed by atoms with Crippen molar-refractivity contribution in [2.24, 2.45) is 0 Å². The smallest absolute Gasteiger partial charge is 0.322 e. The Hall–Kier alpha value is -2.85. The second kappa shape index (κ2) is 7.18. The minimum Gasteiger partial charge on any atom is -0.507 e. The number of benzene rings is 1. The molecule has 0 saturated carbocycles. The van der Waals surface area contributed by atoms with Crippen LogP contribution in [0.3, 0.4) is 0 Å². The highest BCUT2D eigenvalue weighted by atomic mass is 35.5. The number of pyridine rings is 1. The number of aromatic nitrogens is 3. The number of hydrogen-bond acceptors (Lipinski definition) is 6. The van der Waals surface area contributed by atoms with Gasteiger partial charge in [-0.25, -0.2) is 13.9 Å². The summed E-state index contributed by atoms with van der Waals surface area (Å²) in [6, 6.07) is 5.07. The third-order valence-corrected chi connectivity index (χ3v) is 4.73. The molecular formula is C15H10ClFN4O4S. The number of fused-ring (bicyclic) bond motifs is 1. The first kappa shape index (κ1) is 18.0. The van der Waals surface area contributed by atoms with Gasteiger partial charge in [0, 0.05) is 11.0 Å². The van der Waals surface area contributed by atoms with Gasteiger partial charge >= 0.3 is 5.97 Å². The van der Waals surface area contributed by atoms with Crippen LogP contribution in [0.15, 0.2) is 40.5 Å². The van der Waals surface area contributed by atoms with Crippen molar-refractivity contribution in [1.29, 1.82) is 0 Å². The van der Waals surface area contributed by atoms with E-state index in [4.69, 9.17) is 16.7 Å². The van der Waals surface area contributed by atoms with E-state index in [-0.39, 0.29) is 11.2 Å². The van der Waals surface area contributed by atoms with Crippen molar-refractivity contribution in [1.82, 2.24) is 19.9 Å². The summed E-state index contributed by atoms with van der Waals surface area (Å²) in [5.74, 6) is -2.96. The molecule has 0 unspecified atom stereocenters. The molecule has 3 N–H and O–H groups in total. The quantitative estimate of drug-likeness (QED) is 0.605. The zero-order valence-electron chi connectivity index (χ0n) is 12.8. The SMILES string of the molecule is O=C(O)CNC(=O)c1c(O)cc(Sc2cc(F)ccc2Cl)n2ncnc12. The molecule has 2 heterocycles. The first-order valence-corrected chi connectivity index (χ1v) is 8.25. The molecule has 1 amide bonds. The van der Waals surface area contributed by atoms with E-state index in [9.17, 15) is 19.1 Å². The van der Waals surface area contributed by atoms with Gasteiger partial charge in [-0.2, -0.15) is 5.10 Å². The number of halogens is 2. The van der Waals surface area contributed by atoms with Crippen LogP contribution in [0.4, 0.5) is 4.39 Å². The Balaban J connectivity index is 2.03. The molecule has 1 aromatic carbocycles. The highest BCUT2D eigenvalue weighted by Gasteiger charge is 2.21. The van der Waals surface area contributed by atoms with Gasteiger partial charge in [0.05, 0.1) is 5.02 Å². The lowest BCUT2D eigenvalue weighted by Gasteiger charge is -2.11. The second-order valence-electron chi connectivity index (χ2n) is 4.99. The summed E-state index contributed by atoms with van der Waals surface area (Å²) >= 11 is 7.07. The van der Waals surface area contributed by atoms with Crippen LogP contribution in [0, 0.1) is 5.82 Å². The van der Waals surface area contributed by atoms with Gasteiger partial charge in [0.15, 0.2) is 5.65 Å². The number of nitrogens with zero attached hydrogens (tertiary/aromatic N) is 3. The van der Waals surface area contributed by atoms with Crippen LogP contribution < -0.4 is 5.32 Å². The van der Waals surface area contributed by atoms with Gasteiger partial charge in [-0.1, -0.05) is 23.4 Å². The fraction of sp³-hybridized carbons (Fsp3) is 0.0667. The fourth-order valence-electron chi connectivity index (χ4n) is 2.14. The minimum absolute atomic E-state index is 0.0166. The van der Waals surface area contributed by atoms with Crippen LogP contribution in [0.5, 0.6) is 5.75 Å². The van der Waals surface area contributed by atoms with Crippen LogP contribution in [0.1, 0.15) is 10.4 Å². The Bertz CT molecular complexity index is 1030. The molecule has 26 heavy (non-hydrogen) atoms. The Labute approximate surface area is 154 Å². The average molecular weight is 397 g/mol. The number of aliphatic carboxylic acids is 1. The second-order valence-corrected chi connectivity index (χ2v) is 6.46. The number of rotatable bonds is 5. The summed E-state index contributed by atoms with van der Waals surface area (Å²) in [6.45, 7) is -0.617. The maximum absolute atomic E-state index is 13.4. The van der Waals surface area contributed by atoms with Crippen molar-refractivity contribution < 1.29 is 24.2 Å². The van der Waals surface area contributed by atoms with E-state index in [1.165, 1.54) is 35.1 Å². The minimum atomic E-state index is -1.23. The topological polar surface area (TPSA) is 117 Å². The van der Waals surface area contributed by atoms with E-state index in [0.29, 0.717) is 14.9 Å². The Morgan fingerprint density at radius 2 is 2.12 bits per heavy atom. The van der Waals surface area contributed by atoms with Crippen LogP contribution in [0.25, 0.3) is 5.65 Å². The molecule has 134 valence electrons. The maximum Gasteiger partial charge on any atom is 0.322 e. The molecule has 0 fully saturated rings. The van der Waals surface area contributed by atoms with Crippen molar-refractivity contribution in [2.75, 3.05) is 6.54 Å². The van der Waals surface area contributed by atoms with E-state index < -0.39 is 30.0 Å². The van der Waals surface area contributed by atoms with Crippen molar-refractivity contribution in [3.63, 3.8) is 0 Å². The normalized spacial score (nSPS) is 10.8. The predicted octanol–water partition coefficient (Wildman–Crippen LogP) is 2.19. The van der Waals surface area contributed by atoms with E-state index >= 15 is 0 Å². The number of aromatic hydroxyl groups is 1. The summed E-state index contributed by atoms with van der Waals surface area (Å²) in [4.78, 5) is 27.1. The van der Waals surface area contributed by atoms with Gasteiger partial charge in [0.2, 0.25) is 0 Å². The van der Waals surface area contributed by atoms with E-state index in [1.54, 1.807) is 0 Å². The van der Waals surface area contributed by atoms with Gasteiger partial charge in [-0.3, -0.25) is 9.59 Å². The first-order chi connectivity index (χ1) is 12.4. The zero-order chi connectivity index (χ0) is 18.8. The summed E-state index contributed by atoms with van der Waals surface area (Å²) in [7, 11) is 0. The molecular weight excluding hydrogens is 387 g/mol. The zero-order valence-corrected chi connectivity index (χ0v) is 14.4. The fourth-order valence-corrected chi connectivity index (χ4v) is 3.33. The lowest BCUT2D eigenvalue weighted by atomic mass is 10.2. The number of carboxylic acids is 1. The van der Waals surface area contributed by atoms with Crippen molar-refractivity contribution in [3.8, 4) is 5.75 Å². The van der Waals surface area contributed by atoms with E-state index in [0.717, 1.165) is 11.8 Å². The van der Waals surface area contributed by atoms with Crippen LogP contribution in [-0.2, 0) is 4.79 Å². The molecule has 11 heteroatoms.